The molecule has 1 amide bonds. The van der Waals surface area contributed by atoms with Gasteiger partial charge in [-0.1, -0.05) is 36.4 Å². The number of hydrazone groups is 1. The minimum Gasteiger partial charge on any atom is -0.497 e. The van der Waals surface area contributed by atoms with Crippen molar-refractivity contribution in [3.05, 3.63) is 95.6 Å². The zero-order chi connectivity index (χ0) is 18.9. The van der Waals surface area contributed by atoms with Gasteiger partial charge in [-0.2, -0.15) is 5.10 Å². The summed E-state index contributed by atoms with van der Waals surface area (Å²) in [5.74, 6) is 1.10. The van der Waals surface area contributed by atoms with E-state index in [0.29, 0.717) is 17.9 Å². The number of carbonyl (C=O) groups is 1. The smallest absolute Gasteiger partial charge is 0.271 e. The van der Waals surface area contributed by atoms with E-state index in [0.717, 1.165) is 16.9 Å². The van der Waals surface area contributed by atoms with E-state index in [9.17, 15) is 4.79 Å². The number of rotatable bonds is 7. The molecule has 0 saturated carbocycles. The molecule has 0 atom stereocenters. The Morgan fingerprint density at radius 1 is 0.963 bits per heavy atom. The predicted molar refractivity (Wildman–Crippen MR) is 105 cm³/mol. The highest BCUT2D eigenvalue weighted by Gasteiger charge is 2.04. The van der Waals surface area contributed by atoms with Crippen LogP contribution in [0.3, 0.4) is 0 Å². The van der Waals surface area contributed by atoms with Crippen LogP contribution < -0.4 is 14.9 Å². The first-order chi connectivity index (χ1) is 13.2. The Morgan fingerprint density at radius 3 is 2.48 bits per heavy atom. The summed E-state index contributed by atoms with van der Waals surface area (Å²) in [5.41, 5.74) is 4.96. The zero-order valence-electron chi connectivity index (χ0n) is 15.0. The second-order valence-electron chi connectivity index (χ2n) is 5.77. The normalized spacial score (nSPS) is 10.6. The predicted octanol–water partition coefficient (Wildman–Crippen LogP) is 4.04. The molecule has 27 heavy (non-hydrogen) atoms. The Bertz CT molecular complexity index is 906. The van der Waals surface area contributed by atoms with Crippen molar-refractivity contribution in [1.29, 1.82) is 0 Å². The number of nitrogens with zero attached hydrogens (tertiary/aromatic N) is 1. The number of carbonyl (C=O) groups excluding carboxylic acids is 1. The molecular formula is C22H20N2O3. The molecule has 0 aliphatic heterocycles. The van der Waals surface area contributed by atoms with E-state index in [4.69, 9.17) is 9.47 Å². The quantitative estimate of drug-likeness (QED) is 0.511. The molecule has 0 bridgehead atoms. The lowest BCUT2D eigenvalue weighted by Gasteiger charge is -2.06. The van der Waals surface area contributed by atoms with Gasteiger partial charge in [-0.3, -0.25) is 4.79 Å². The monoisotopic (exact) mass is 360 g/mol. The Morgan fingerprint density at radius 2 is 1.74 bits per heavy atom. The van der Waals surface area contributed by atoms with Crippen LogP contribution in [-0.2, 0) is 6.61 Å². The fraction of sp³-hybridized carbons (Fsp3) is 0.0909. The summed E-state index contributed by atoms with van der Waals surface area (Å²) in [5, 5.41) is 3.99. The van der Waals surface area contributed by atoms with Gasteiger partial charge < -0.3 is 9.47 Å². The van der Waals surface area contributed by atoms with Crippen LogP contribution in [-0.4, -0.2) is 19.2 Å². The molecule has 3 aromatic rings. The van der Waals surface area contributed by atoms with Crippen LogP contribution in [0.15, 0.2) is 84.0 Å². The molecule has 0 aliphatic rings. The van der Waals surface area contributed by atoms with Gasteiger partial charge in [-0.15, -0.1) is 0 Å². The maximum absolute atomic E-state index is 12.1. The summed E-state index contributed by atoms with van der Waals surface area (Å²) >= 11 is 0. The van der Waals surface area contributed by atoms with E-state index in [1.807, 2.05) is 54.6 Å². The molecule has 3 aromatic carbocycles. The number of nitrogens with one attached hydrogen (secondary N) is 1. The maximum atomic E-state index is 12.1. The largest absolute Gasteiger partial charge is 0.497 e. The van der Waals surface area contributed by atoms with E-state index in [1.54, 1.807) is 37.6 Å². The standard InChI is InChI=1S/C22H20N2O3/c1-26-21-9-5-8-19(14-21)22(25)24-23-15-17-10-12-20(13-11-17)27-16-18-6-3-2-4-7-18/h2-15H,16H2,1H3,(H,24,25). The topological polar surface area (TPSA) is 59.9 Å². The summed E-state index contributed by atoms with van der Waals surface area (Å²) < 4.78 is 10.9. The highest BCUT2D eigenvalue weighted by atomic mass is 16.5. The lowest BCUT2D eigenvalue weighted by atomic mass is 10.2. The van der Waals surface area contributed by atoms with Gasteiger partial charge >= 0.3 is 0 Å². The first-order valence-corrected chi connectivity index (χ1v) is 8.49. The van der Waals surface area contributed by atoms with E-state index in [1.165, 1.54) is 0 Å². The number of amides is 1. The zero-order valence-corrected chi connectivity index (χ0v) is 15.0. The Labute approximate surface area is 158 Å². The molecule has 0 radical (unpaired) electrons. The molecule has 0 fully saturated rings. The first-order valence-electron chi connectivity index (χ1n) is 8.49. The van der Waals surface area contributed by atoms with Crippen LogP contribution in [0.1, 0.15) is 21.5 Å². The fourth-order valence-corrected chi connectivity index (χ4v) is 2.39. The van der Waals surface area contributed by atoms with E-state index in [2.05, 4.69) is 10.5 Å². The highest BCUT2D eigenvalue weighted by Crippen LogP contribution is 2.14. The number of methoxy groups -OCH3 is 1. The van der Waals surface area contributed by atoms with Crippen molar-refractivity contribution in [3.63, 3.8) is 0 Å². The molecule has 0 unspecified atom stereocenters. The van der Waals surface area contributed by atoms with Gasteiger partial charge in [-0.25, -0.2) is 5.43 Å². The number of hydrogen-bond acceptors (Lipinski definition) is 4. The minimum absolute atomic E-state index is 0.298. The summed E-state index contributed by atoms with van der Waals surface area (Å²) in [6.45, 7) is 0.519. The van der Waals surface area contributed by atoms with Gasteiger partial charge in [-0.05, 0) is 53.6 Å². The van der Waals surface area contributed by atoms with Gasteiger partial charge in [0.25, 0.3) is 5.91 Å². The molecule has 0 spiro atoms. The van der Waals surface area contributed by atoms with Crippen molar-refractivity contribution in [2.24, 2.45) is 5.10 Å². The van der Waals surface area contributed by atoms with Crippen LogP contribution in [0.2, 0.25) is 0 Å². The van der Waals surface area contributed by atoms with Crippen molar-refractivity contribution in [1.82, 2.24) is 5.43 Å². The molecule has 3 rings (SSSR count). The number of benzene rings is 3. The van der Waals surface area contributed by atoms with E-state index in [-0.39, 0.29) is 5.91 Å². The van der Waals surface area contributed by atoms with Crippen LogP contribution in [0, 0.1) is 0 Å². The van der Waals surface area contributed by atoms with Crippen molar-refractivity contribution >= 4 is 12.1 Å². The first kappa shape index (κ1) is 18.2. The van der Waals surface area contributed by atoms with Crippen molar-refractivity contribution in [2.75, 3.05) is 7.11 Å². The molecule has 0 aliphatic carbocycles. The minimum atomic E-state index is -0.298. The average Bonchev–Trinajstić information content (AvgIpc) is 2.74. The fourth-order valence-electron chi connectivity index (χ4n) is 2.39. The number of ether oxygens (including phenoxy) is 2. The number of hydrogen-bond donors (Lipinski definition) is 1. The van der Waals surface area contributed by atoms with Crippen molar-refractivity contribution < 1.29 is 14.3 Å². The van der Waals surface area contributed by atoms with Gasteiger partial charge in [0, 0.05) is 5.56 Å². The van der Waals surface area contributed by atoms with Crippen LogP contribution in [0.5, 0.6) is 11.5 Å². The maximum Gasteiger partial charge on any atom is 0.271 e. The molecule has 0 aromatic heterocycles. The highest BCUT2D eigenvalue weighted by molar-refractivity contribution is 5.95. The third-order valence-electron chi connectivity index (χ3n) is 3.84. The van der Waals surface area contributed by atoms with Crippen LogP contribution in [0.25, 0.3) is 0 Å². The second kappa shape index (κ2) is 9.20. The molecule has 5 nitrogen and oxygen atoms in total. The van der Waals surface area contributed by atoms with E-state index < -0.39 is 0 Å². The second-order valence-corrected chi connectivity index (χ2v) is 5.77. The molecule has 5 heteroatoms. The molecule has 136 valence electrons. The van der Waals surface area contributed by atoms with Gasteiger partial charge in [0.05, 0.1) is 13.3 Å². The van der Waals surface area contributed by atoms with Gasteiger partial charge in [0.15, 0.2) is 0 Å². The Kier molecular flexibility index (Phi) is 6.20. The lowest BCUT2D eigenvalue weighted by molar-refractivity contribution is 0.0955. The Balaban J connectivity index is 1.52. The molecule has 1 N–H and O–H groups in total. The van der Waals surface area contributed by atoms with Gasteiger partial charge in [0.1, 0.15) is 18.1 Å². The van der Waals surface area contributed by atoms with Crippen molar-refractivity contribution in [2.45, 2.75) is 6.61 Å². The Hall–Kier alpha value is -3.60. The SMILES string of the molecule is COc1cccc(C(=O)NN=Cc2ccc(OCc3ccccc3)cc2)c1. The molecule has 0 heterocycles. The summed E-state index contributed by atoms with van der Waals surface area (Å²) in [6.07, 6.45) is 1.58. The van der Waals surface area contributed by atoms with Gasteiger partial charge in [0.2, 0.25) is 0 Å². The molecular weight excluding hydrogens is 340 g/mol. The van der Waals surface area contributed by atoms with Crippen LogP contribution in [0.4, 0.5) is 0 Å². The summed E-state index contributed by atoms with van der Waals surface area (Å²) in [7, 11) is 1.56. The summed E-state index contributed by atoms with van der Waals surface area (Å²) in [4.78, 5) is 12.1. The van der Waals surface area contributed by atoms with E-state index >= 15 is 0 Å². The third-order valence-corrected chi connectivity index (χ3v) is 3.84. The third kappa shape index (κ3) is 5.44. The molecule has 0 saturated heterocycles. The summed E-state index contributed by atoms with van der Waals surface area (Å²) in [6, 6.07) is 24.4. The van der Waals surface area contributed by atoms with Crippen LogP contribution >= 0.6 is 0 Å². The lowest BCUT2D eigenvalue weighted by Crippen LogP contribution is -2.17. The average molecular weight is 360 g/mol. The van der Waals surface area contributed by atoms with Crippen molar-refractivity contribution in [3.8, 4) is 11.5 Å².